The summed E-state index contributed by atoms with van der Waals surface area (Å²) in [5, 5.41) is 4.29. The maximum atomic E-state index is 12.9. The predicted octanol–water partition coefficient (Wildman–Crippen LogP) is 4.05. The number of imidazole rings is 1. The van der Waals surface area contributed by atoms with Gasteiger partial charge in [0.15, 0.2) is 5.65 Å². The van der Waals surface area contributed by atoms with Gasteiger partial charge in [-0.05, 0) is 32.9 Å². The zero-order valence-corrected chi connectivity index (χ0v) is 21.6. The highest BCUT2D eigenvalue weighted by atomic mass is 31.2. The van der Waals surface area contributed by atoms with Crippen molar-refractivity contribution < 1.29 is 42.1 Å². The molecule has 4 rings (SSSR count). The molecule has 1 atom stereocenters. The van der Waals surface area contributed by atoms with Crippen LogP contribution in [0.25, 0.3) is 16.9 Å². The summed E-state index contributed by atoms with van der Waals surface area (Å²) in [5.41, 5.74) is 5.06. The van der Waals surface area contributed by atoms with Gasteiger partial charge in [-0.1, -0.05) is 19.3 Å². The lowest BCUT2D eigenvalue weighted by atomic mass is 10.0. The highest BCUT2D eigenvalue weighted by Crippen LogP contribution is 2.37. The number of benzene rings is 1. The number of aromatic nitrogens is 3. The fourth-order valence-corrected chi connectivity index (χ4v) is 3.65. The van der Waals surface area contributed by atoms with Gasteiger partial charge in [0.25, 0.3) is 5.91 Å². The average Bonchev–Trinajstić information content (AvgIpc) is 3.63. The van der Waals surface area contributed by atoms with E-state index < -0.39 is 38.6 Å². The Kier molecular flexibility index (Phi) is 9.19. The van der Waals surface area contributed by atoms with E-state index >= 15 is 0 Å². The van der Waals surface area contributed by atoms with Gasteiger partial charge in [-0.3, -0.25) is 4.79 Å². The molecule has 0 spiro atoms. The molecule has 202 valence electrons. The number of nitrogens with two attached hydrogens (primary N) is 1. The third-order valence-electron chi connectivity index (χ3n) is 5.34. The summed E-state index contributed by atoms with van der Waals surface area (Å²) in [7, 11) is -1.31. The van der Waals surface area contributed by atoms with E-state index in [1.165, 1.54) is 55.4 Å². The maximum Gasteiger partial charge on any atom is 0.387 e. The second kappa shape index (κ2) is 12.0. The molecule has 4 N–H and O–H groups in total. The van der Waals surface area contributed by atoms with Crippen molar-refractivity contribution in [2.24, 2.45) is 5.73 Å². The number of hydrogen-bond donors (Lipinski definition) is 3. The molecule has 0 bridgehead atoms. The van der Waals surface area contributed by atoms with Crippen molar-refractivity contribution in [3.05, 3.63) is 36.2 Å². The zero-order chi connectivity index (χ0) is 27.3. The van der Waals surface area contributed by atoms with Crippen LogP contribution in [0, 0.1) is 0 Å². The molecule has 2 heterocycles. The fraction of sp³-hybridized carbons (Fsp3) is 0.435. The molecule has 1 fully saturated rings. The van der Waals surface area contributed by atoms with Crippen LogP contribution in [0.15, 0.2) is 30.6 Å². The molecule has 3 aromatic rings. The lowest BCUT2D eigenvalue weighted by Gasteiger charge is -2.31. The summed E-state index contributed by atoms with van der Waals surface area (Å²) in [6.45, 7) is 1.78. The number of halogens is 2. The monoisotopic (exact) mass is 542 g/mol. The Balaban J connectivity index is 0.00000118. The summed E-state index contributed by atoms with van der Waals surface area (Å²) in [4.78, 5) is 34.3. The average molecular weight is 542 g/mol. The van der Waals surface area contributed by atoms with Crippen LogP contribution in [0.1, 0.15) is 50.4 Å². The second-order valence-corrected chi connectivity index (χ2v) is 9.36. The number of hydrogen-bond acceptors (Lipinski definition) is 9. The molecule has 37 heavy (non-hydrogen) atoms. The van der Waals surface area contributed by atoms with E-state index in [0.29, 0.717) is 22.7 Å². The van der Waals surface area contributed by atoms with Crippen molar-refractivity contribution in [1.29, 1.82) is 0 Å². The molecule has 14 heteroatoms. The van der Waals surface area contributed by atoms with Crippen molar-refractivity contribution in [3.8, 4) is 28.5 Å². The SMILES string of the molecule is C1CC1.COc1cc(-c2cnc3cc(OC(C)C(C)(C)OP(O)O)cnn23)cc(OC(F)F)c1C(N)=O. The van der Waals surface area contributed by atoms with Crippen LogP contribution in [0.3, 0.4) is 0 Å². The van der Waals surface area contributed by atoms with E-state index in [0.717, 1.165) is 0 Å². The van der Waals surface area contributed by atoms with E-state index in [1.807, 2.05) is 0 Å². The van der Waals surface area contributed by atoms with E-state index in [9.17, 15) is 13.6 Å². The molecule has 1 aromatic carbocycles. The van der Waals surface area contributed by atoms with E-state index in [1.54, 1.807) is 26.8 Å². The molecule has 2 aromatic heterocycles. The normalized spacial score (nSPS) is 13.8. The molecule has 1 unspecified atom stereocenters. The van der Waals surface area contributed by atoms with E-state index in [-0.39, 0.29) is 11.3 Å². The minimum absolute atomic E-state index is 0.0562. The first-order valence-corrected chi connectivity index (χ1v) is 12.4. The van der Waals surface area contributed by atoms with Crippen molar-refractivity contribution in [2.75, 3.05) is 7.11 Å². The molecule has 1 aliphatic carbocycles. The minimum atomic E-state index is -3.19. The summed E-state index contributed by atoms with van der Waals surface area (Å²) in [5.74, 6) is -1.17. The molecule has 0 radical (unpaired) electrons. The molecular formula is C23H29F2N4O7P. The third-order valence-corrected chi connectivity index (χ3v) is 5.98. The Morgan fingerprint density at radius 3 is 2.32 bits per heavy atom. The largest absolute Gasteiger partial charge is 0.496 e. The van der Waals surface area contributed by atoms with Crippen LogP contribution in [-0.2, 0) is 4.52 Å². The van der Waals surface area contributed by atoms with Crippen LogP contribution in [-0.4, -0.2) is 55.7 Å². The van der Waals surface area contributed by atoms with Gasteiger partial charge in [-0.2, -0.15) is 13.9 Å². The van der Waals surface area contributed by atoms with Crippen molar-refractivity contribution >= 4 is 20.2 Å². The molecule has 11 nitrogen and oxygen atoms in total. The van der Waals surface area contributed by atoms with E-state index in [2.05, 4.69) is 14.8 Å². The Labute approximate surface area is 213 Å². The van der Waals surface area contributed by atoms with Gasteiger partial charge >= 0.3 is 15.2 Å². The standard InChI is InChI=1S/C20H23F2N4O7P.C3H6/c1-10(20(2,3)33-34(28)29)31-12-7-16-24-9-13(26(16)25-8-12)11-5-14(30-4)17(18(23)27)15(6-11)32-19(21)22;1-2-3-1/h5-10,19,28-29H,1-4H3,(H2,23,27);1-3H2. The van der Waals surface area contributed by atoms with Crippen LogP contribution in [0.2, 0.25) is 0 Å². The number of methoxy groups -OCH3 is 1. The number of alkyl halides is 2. The molecule has 0 aliphatic heterocycles. The summed E-state index contributed by atoms with van der Waals surface area (Å²) in [6.07, 6.45) is 6.75. The first-order valence-electron chi connectivity index (χ1n) is 11.3. The number of primary amides is 1. The van der Waals surface area contributed by atoms with Gasteiger partial charge in [-0.15, -0.1) is 0 Å². The molecular weight excluding hydrogens is 513 g/mol. The van der Waals surface area contributed by atoms with Gasteiger partial charge in [-0.25, -0.2) is 9.50 Å². The fourth-order valence-electron chi connectivity index (χ4n) is 3.08. The van der Waals surface area contributed by atoms with Crippen LogP contribution in [0.4, 0.5) is 8.78 Å². The minimum Gasteiger partial charge on any atom is -0.496 e. The summed E-state index contributed by atoms with van der Waals surface area (Å²) < 4.78 is 47.9. The van der Waals surface area contributed by atoms with Crippen LogP contribution < -0.4 is 19.9 Å². The highest BCUT2D eigenvalue weighted by molar-refractivity contribution is 7.39. The Morgan fingerprint density at radius 2 is 1.78 bits per heavy atom. The van der Waals surface area contributed by atoms with Crippen LogP contribution in [0.5, 0.6) is 17.2 Å². The number of fused-ring (bicyclic) bond motifs is 1. The number of nitrogens with zero attached hydrogens (tertiary/aromatic N) is 3. The van der Waals surface area contributed by atoms with Gasteiger partial charge in [0.1, 0.15) is 34.5 Å². The number of rotatable bonds is 10. The first-order chi connectivity index (χ1) is 17.4. The number of carbonyl (C=O) groups is 1. The van der Waals surface area contributed by atoms with E-state index in [4.69, 9.17) is 29.5 Å². The predicted molar refractivity (Wildman–Crippen MR) is 131 cm³/mol. The number of carbonyl (C=O) groups excluding carboxylic acids is 1. The molecule has 0 saturated heterocycles. The number of ether oxygens (including phenoxy) is 3. The van der Waals surface area contributed by atoms with Gasteiger partial charge in [0.2, 0.25) is 0 Å². The molecule has 1 amide bonds. The summed E-state index contributed by atoms with van der Waals surface area (Å²) in [6, 6.07) is 4.22. The quantitative estimate of drug-likeness (QED) is 0.322. The Hall–Kier alpha value is -3.12. The Morgan fingerprint density at radius 1 is 1.14 bits per heavy atom. The van der Waals surface area contributed by atoms with Gasteiger partial charge in [0.05, 0.1) is 25.2 Å². The lowest BCUT2D eigenvalue weighted by Crippen LogP contribution is -2.39. The lowest BCUT2D eigenvalue weighted by molar-refractivity contribution is -0.0502. The van der Waals surface area contributed by atoms with Gasteiger partial charge < -0.3 is 34.3 Å². The van der Waals surface area contributed by atoms with Gasteiger partial charge in [0, 0.05) is 11.6 Å². The highest BCUT2D eigenvalue weighted by Gasteiger charge is 2.32. The van der Waals surface area contributed by atoms with Crippen molar-refractivity contribution in [1.82, 2.24) is 14.6 Å². The Bertz CT molecular complexity index is 1230. The molecule has 1 aliphatic rings. The smallest absolute Gasteiger partial charge is 0.387 e. The number of amides is 1. The van der Waals surface area contributed by atoms with Crippen molar-refractivity contribution in [3.63, 3.8) is 0 Å². The third kappa shape index (κ3) is 7.45. The second-order valence-electron chi connectivity index (χ2n) is 8.67. The van der Waals surface area contributed by atoms with Crippen LogP contribution >= 0.6 is 8.60 Å². The zero-order valence-electron chi connectivity index (χ0n) is 20.7. The topological polar surface area (TPSA) is 151 Å². The first kappa shape index (κ1) is 28.5. The molecule has 1 saturated carbocycles. The maximum absolute atomic E-state index is 12.9. The summed E-state index contributed by atoms with van der Waals surface area (Å²) >= 11 is 0. The van der Waals surface area contributed by atoms with Crippen molar-refractivity contribution in [2.45, 2.75) is 58.4 Å².